The van der Waals surface area contributed by atoms with Gasteiger partial charge in [-0.1, -0.05) is 17.7 Å². The molecule has 0 aliphatic heterocycles. The van der Waals surface area contributed by atoms with Crippen LogP contribution in [0, 0.1) is 16.7 Å². The number of hydrogen-bond donors (Lipinski definition) is 0. The Balaban J connectivity index is 2.57. The minimum Gasteiger partial charge on any atom is -0.256 e. The van der Waals surface area contributed by atoms with Crippen LogP contribution in [0.3, 0.4) is 0 Å². The first-order valence-electron chi connectivity index (χ1n) is 5.28. The predicted molar refractivity (Wildman–Crippen MR) is 65.0 cm³/mol. The summed E-state index contributed by atoms with van der Waals surface area (Å²) in [5, 5.41) is 9.94. The molecule has 2 rings (SSSR count). The zero-order valence-electron chi connectivity index (χ0n) is 9.37. The van der Waals surface area contributed by atoms with E-state index in [0.717, 1.165) is 17.7 Å². The zero-order valence-corrected chi connectivity index (χ0v) is 10.1. The molecule has 1 heterocycles. The second-order valence-electron chi connectivity index (χ2n) is 4.62. The van der Waals surface area contributed by atoms with Gasteiger partial charge in [-0.2, -0.15) is 5.26 Å². The molecular formula is C13H13ClN2. The lowest BCUT2D eigenvalue weighted by Gasteiger charge is -2.31. The van der Waals surface area contributed by atoms with Crippen LogP contribution in [-0.2, 0) is 0 Å². The fraction of sp³-hybridized carbons (Fsp3) is 0.385. The number of pyridine rings is 1. The van der Waals surface area contributed by atoms with Crippen molar-refractivity contribution in [1.29, 1.82) is 5.26 Å². The molecule has 0 N–H and O–H groups in total. The molecule has 0 unspecified atom stereocenters. The monoisotopic (exact) mass is 232 g/mol. The minimum absolute atomic E-state index is 0.124. The van der Waals surface area contributed by atoms with Gasteiger partial charge in [0.2, 0.25) is 0 Å². The first-order valence-corrected chi connectivity index (χ1v) is 5.66. The number of aromatic nitrogens is 1. The Morgan fingerprint density at radius 2 is 2.31 bits per heavy atom. The second-order valence-corrected chi connectivity index (χ2v) is 5.02. The summed E-state index contributed by atoms with van der Waals surface area (Å²) in [4.78, 5) is 4.30. The van der Waals surface area contributed by atoms with Gasteiger partial charge in [0.05, 0.1) is 17.2 Å². The summed E-state index contributed by atoms with van der Waals surface area (Å²) in [5.74, 6) is 0.124. The molecule has 3 heteroatoms. The molecule has 2 nitrogen and oxygen atoms in total. The summed E-state index contributed by atoms with van der Waals surface area (Å²) in [7, 11) is 0. The Morgan fingerprint density at radius 1 is 1.56 bits per heavy atom. The van der Waals surface area contributed by atoms with Crippen molar-refractivity contribution in [2.45, 2.75) is 26.2 Å². The van der Waals surface area contributed by atoms with E-state index >= 15 is 0 Å². The summed E-state index contributed by atoms with van der Waals surface area (Å²) >= 11 is 6.22. The van der Waals surface area contributed by atoms with Crippen molar-refractivity contribution >= 4 is 17.7 Å². The maximum absolute atomic E-state index is 9.23. The van der Waals surface area contributed by atoms with Gasteiger partial charge in [0.15, 0.2) is 0 Å². The Labute approximate surface area is 101 Å². The van der Waals surface area contributed by atoms with Crippen molar-refractivity contribution in [2.24, 2.45) is 5.41 Å². The van der Waals surface area contributed by atoms with E-state index in [1.54, 1.807) is 12.3 Å². The van der Waals surface area contributed by atoms with Crippen molar-refractivity contribution in [3.8, 4) is 6.07 Å². The molecule has 1 aromatic rings. The summed E-state index contributed by atoms with van der Waals surface area (Å²) in [6.45, 7) is 3.90. The first kappa shape index (κ1) is 11.2. The van der Waals surface area contributed by atoms with Crippen LogP contribution in [0.2, 0.25) is 5.02 Å². The van der Waals surface area contributed by atoms with Crippen molar-refractivity contribution < 1.29 is 0 Å². The van der Waals surface area contributed by atoms with Crippen LogP contribution in [0.25, 0.3) is 6.08 Å². The SMILES string of the molecule is CC(C)(C#N)[C@H]1CC=Cc2nccc(Cl)c21. The molecule has 0 spiro atoms. The first-order chi connectivity index (χ1) is 7.56. The van der Waals surface area contributed by atoms with Gasteiger partial charge in [0.1, 0.15) is 0 Å². The summed E-state index contributed by atoms with van der Waals surface area (Å²) in [6.07, 6.45) is 6.59. The number of nitrogens with zero attached hydrogens (tertiary/aromatic N) is 2. The number of halogens is 1. The number of nitriles is 1. The molecule has 0 saturated carbocycles. The molecule has 1 aromatic heterocycles. The molecule has 0 bridgehead atoms. The van der Waals surface area contributed by atoms with Crippen LogP contribution in [-0.4, -0.2) is 4.98 Å². The van der Waals surface area contributed by atoms with Crippen LogP contribution in [0.5, 0.6) is 0 Å². The molecule has 0 saturated heterocycles. The predicted octanol–water partition coefficient (Wildman–Crippen LogP) is 3.79. The number of allylic oxidation sites excluding steroid dienone is 1. The Hall–Kier alpha value is -1.33. The molecular weight excluding hydrogens is 220 g/mol. The summed E-state index contributed by atoms with van der Waals surface area (Å²) < 4.78 is 0. The average Bonchev–Trinajstić information content (AvgIpc) is 2.29. The van der Waals surface area contributed by atoms with Crippen LogP contribution in [0.15, 0.2) is 18.3 Å². The van der Waals surface area contributed by atoms with E-state index < -0.39 is 5.41 Å². The molecule has 0 aromatic carbocycles. The summed E-state index contributed by atoms with van der Waals surface area (Å²) in [5.41, 5.74) is 1.48. The maximum Gasteiger partial charge on any atom is 0.0690 e. The van der Waals surface area contributed by atoms with E-state index in [0.29, 0.717) is 5.02 Å². The van der Waals surface area contributed by atoms with Crippen LogP contribution < -0.4 is 0 Å². The van der Waals surface area contributed by atoms with Crippen LogP contribution in [0.4, 0.5) is 0 Å². The van der Waals surface area contributed by atoms with Gasteiger partial charge in [-0.15, -0.1) is 0 Å². The van der Waals surface area contributed by atoms with Crippen molar-refractivity contribution in [3.05, 3.63) is 34.6 Å². The minimum atomic E-state index is -0.424. The number of rotatable bonds is 1. The smallest absolute Gasteiger partial charge is 0.0690 e. The third kappa shape index (κ3) is 1.72. The van der Waals surface area contributed by atoms with E-state index in [2.05, 4.69) is 17.1 Å². The van der Waals surface area contributed by atoms with E-state index in [4.69, 9.17) is 11.6 Å². The molecule has 0 fully saturated rings. The lowest BCUT2D eigenvalue weighted by atomic mass is 9.72. The normalized spacial score (nSPS) is 19.0. The van der Waals surface area contributed by atoms with Crippen LogP contribution >= 0.6 is 11.6 Å². The lowest BCUT2D eigenvalue weighted by molar-refractivity contribution is 0.383. The molecule has 0 amide bonds. The van der Waals surface area contributed by atoms with Crippen molar-refractivity contribution in [1.82, 2.24) is 4.98 Å². The third-order valence-corrected chi connectivity index (χ3v) is 3.45. The quantitative estimate of drug-likeness (QED) is 0.739. The molecule has 0 radical (unpaired) electrons. The molecule has 1 aliphatic carbocycles. The van der Waals surface area contributed by atoms with Gasteiger partial charge in [0, 0.05) is 22.7 Å². The highest BCUT2D eigenvalue weighted by atomic mass is 35.5. The van der Waals surface area contributed by atoms with Crippen LogP contribution in [0.1, 0.15) is 37.4 Å². The highest BCUT2D eigenvalue weighted by Crippen LogP contribution is 2.44. The topological polar surface area (TPSA) is 36.7 Å². The van der Waals surface area contributed by atoms with E-state index in [9.17, 15) is 5.26 Å². The van der Waals surface area contributed by atoms with E-state index in [-0.39, 0.29) is 5.92 Å². The second kappa shape index (κ2) is 3.92. The lowest BCUT2D eigenvalue weighted by Crippen LogP contribution is -2.22. The van der Waals surface area contributed by atoms with Gasteiger partial charge in [-0.25, -0.2) is 0 Å². The third-order valence-electron chi connectivity index (χ3n) is 3.12. The standard InChI is InChI=1S/C13H13ClN2/c1-13(2,8-15)9-4-3-5-11-12(9)10(14)6-7-16-11/h3,5-7,9H,4H2,1-2H3/t9-/m0/s1. The van der Waals surface area contributed by atoms with E-state index in [1.807, 2.05) is 19.9 Å². The number of hydrogen-bond acceptors (Lipinski definition) is 2. The maximum atomic E-state index is 9.23. The summed E-state index contributed by atoms with van der Waals surface area (Å²) in [6, 6.07) is 4.15. The average molecular weight is 233 g/mol. The zero-order chi connectivity index (χ0) is 11.8. The van der Waals surface area contributed by atoms with Crippen molar-refractivity contribution in [3.63, 3.8) is 0 Å². The molecule has 16 heavy (non-hydrogen) atoms. The molecule has 82 valence electrons. The highest BCUT2D eigenvalue weighted by Gasteiger charge is 2.34. The largest absolute Gasteiger partial charge is 0.256 e. The Morgan fingerprint density at radius 3 is 3.00 bits per heavy atom. The van der Waals surface area contributed by atoms with E-state index in [1.165, 1.54) is 0 Å². The fourth-order valence-corrected chi connectivity index (χ4v) is 2.39. The Bertz CT molecular complexity index is 483. The molecule has 1 aliphatic rings. The van der Waals surface area contributed by atoms with Gasteiger partial charge in [0.25, 0.3) is 0 Å². The highest BCUT2D eigenvalue weighted by molar-refractivity contribution is 6.31. The van der Waals surface area contributed by atoms with Gasteiger partial charge >= 0.3 is 0 Å². The van der Waals surface area contributed by atoms with Gasteiger partial charge < -0.3 is 0 Å². The van der Waals surface area contributed by atoms with Crippen molar-refractivity contribution in [2.75, 3.05) is 0 Å². The number of fused-ring (bicyclic) bond motifs is 1. The Kier molecular flexibility index (Phi) is 2.73. The fourth-order valence-electron chi connectivity index (χ4n) is 2.11. The van der Waals surface area contributed by atoms with Gasteiger partial charge in [-0.3, -0.25) is 4.98 Å². The van der Waals surface area contributed by atoms with Gasteiger partial charge in [-0.05, 0) is 32.4 Å². The molecule has 1 atom stereocenters.